The third kappa shape index (κ3) is 2.84. The van der Waals surface area contributed by atoms with Crippen molar-refractivity contribution in [2.75, 3.05) is 5.73 Å². The van der Waals surface area contributed by atoms with E-state index in [9.17, 15) is 13.2 Å². The predicted octanol–water partition coefficient (Wildman–Crippen LogP) is 4.02. The van der Waals surface area contributed by atoms with Crippen LogP contribution in [0.1, 0.15) is 17.0 Å². The van der Waals surface area contributed by atoms with Gasteiger partial charge in [0.15, 0.2) is 11.5 Å². The number of nitrogens with zero attached hydrogens (tertiary/aromatic N) is 1. The minimum absolute atomic E-state index is 0.326. The van der Waals surface area contributed by atoms with Crippen LogP contribution >= 0.6 is 0 Å². The van der Waals surface area contributed by atoms with Gasteiger partial charge in [0.05, 0.1) is 5.56 Å². The van der Waals surface area contributed by atoms with Crippen molar-refractivity contribution in [2.24, 2.45) is 0 Å². The minimum atomic E-state index is -4.33. The van der Waals surface area contributed by atoms with Crippen LogP contribution in [0.25, 0.3) is 11.1 Å². The van der Waals surface area contributed by atoms with Crippen LogP contribution in [0.5, 0.6) is 0 Å². The van der Waals surface area contributed by atoms with E-state index in [2.05, 4.69) is 4.98 Å². The zero-order valence-corrected chi connectivity index (χ0v) is 10.8. The fraction of sp³-hybridized carbons (Fsp3) is 0.133. The molecule has 21 heavy (non-hydrogen) atoms. The van der Waals surface area contributed by atoms with Crippen molar-refractivity contribution in [3.05, 3.63) is 59.5 Å². The van der Waals surface area contributed by atoms with Gasteiger partial charge < -0.3 is 10.2 Å². The first-order valence-electron chi connectivity index (χ1n) is 6.23. The molecule has 0 atom stereocenters. The first-order chi connectivity index (χ1) is 9.91. The summed E-state index contributed by atoms with van der Waals surface area (Å²) in [6.07, 6.45) is -4.00. The lowest BCUT2D eigenvalue weighted by molar-refractivity contribution is -0.137. The molecule has 2 aromatic carbocycles. The lowest BCUT2D eigenvalue weighted by Gasteiger charge is -2.06. The minimum Gasteiger partial charge on any atom is -0.440 e. The van der Waals surface area contributed by atoms with E-state index in [1.165, 1.54) is 12.1 Å². The summed E-state index contributed by atoms with van der Waals surface area (Å²) in [5.41, 5.74) is 7.48. The van der Waals surface area contributed by atoms with E-state index in [1.54, 1.807) is 18.2 Å². The number of nitrogens with two attached hydrogens (primary N) is 1. The van der Waals surface area contributed by atoms with Crippen molar-refractivity contribution in [2.45, 2.75) is 12.6 Å². The molecule has 0 aliphatic heterocycles. The molecule has 0 saturated heterocycles. The Labute approximate surface area is 118 Å². The highest BCUT2D eigenvalue weighted by Crippen LogP contribution is 2.29. The number of oxazole rings is 1. The van der Waals surface area contributed by atoms with Crippen LogP contribution in [0.3, 0.4) is 0 Å². The summed E-state index contributed by atoms with van der Waals surface area (Å²) >= 11 is 0. The highest BCUT2D eigenvalue weighted by Gasteiger charge is 2.29. The van der Waals surface area contributed by atoms with Gasteiger partial charge in [-0.1, -0.05) is 12.1 Å². The number of fused-ring (bicyclic) bond motifs is 1. The largest absolute Gasteiger partial charge is 0.440 e. The third-order valence-electron chi connectivity index (χ3n) is 3.09. The Hall–Kier alpha value is -2.50. The number of rotatable bonds is 2. The average molecular weight is 292 g/mol. The van der Waals surface area contributed by atoms with Crippen molar-refractivity contribution in [1.82, 2.24) is 4.98 Å². The molecular weight excluding hydrogens is 281 g/mol. The summed E-state index contributed by atoms with van der Waals surface area (Å²) in [7, 11) is 0. The molecule has 0 spiro atoms. The van der Waals surface area contributed by atoms with Crippen LogP contribution in [-0.4, -0.2) is 4.98 Å². The summed E-state index contributed by atoms with van der Waals surface area (Å²) in [4.78, 5) is 4.28. The second-order valence-electron chi connectivity index (χ2n) is 4.71. The maximum Gasteiger partial charge on any atom is 0.416 e. The zero-order valence-electron chi connectivity index (χ0n) is 10.8. The Morgan fingerprint density at radius 3 is 2.43 bits per heavy atom. The van der Waals surface area contributed by atoms with Crippen molar-refractivity contribution in [3.8, 4) is 0 Å². The molecule has 0 fully saturated rings. The molecule has 3 aromatic rings. The second-order valence-corrected chi connectivity index (χ2v) is 4.71. The molecule has 0 unspecified atom stereocenters. The van der Waals surface area contributed by atoms with E-state index in [0.717, 1.165) is 12.1 Å². The van der Waals surface area contributed by atoms with Crippen LogP contribution in [0.4, 0.5) is 18.9 Å². The molecule has 3 nitrogen and oxygen atoms in total. The number of nitrogen functional groups attached to an aromatic ring is 1. The van der Waals surface area contributed by atoms with Gasteiger partial charge in [0.1, 0.15) is 5.52 Å². The van der Waals surface area contributed by atoms with Gasteiger partial charge in [0.2, 0.25) is 0 Å². The summed E-state index contributed by atoms with van der Waals surface area (Å²) in [6.45, 7) is 0. The van der Waals surface area contributed by atoms with Gasteiger partial charge in [-0.25, -0.2) is 4.98 Å². The topological polar surface area (TPSA) is 52.0 Å². The molecule has 0 aliphatic carbocycles. The average Bonchev–Trinajstić information content (AvgIpc) is 2.79. The number of hydrogen-bond acceptors (Lipinski definition) is 3. The SMILES string of the molecule is Nc1ccc2nc(Cc3ccc(C(F)(F)F)cc3)oc2c1. The van der Waals surface area contributed by atoms with Crippen LogP contribution < -0.4 is 5.73 Å². The van der Waals surface area contributed by atoms with Gasteiger partial charge in [0.25, 0.3) is 0 Å². The molecule has 0 amide bonds. The summed E-state index contributed by atoms with van der Waals surface area (Å²) in [5.74, 6) is 0.440. The maximum absolute atomic E-state index is 12.5. The highest BCUT2D eigenvalue weighted by molar-refractivity contribution is 5.76. The van der Waals surface area contributed by atoms with E-state index >= 15 is 0 Å². The smallest absolute Gasteiger partial charge is 0.416 e. The molecule has 0 saturated carbocycles. The molecule has 0 bridgehead atoms. The Kier molecular flexibility index (Phi) is 3.08. The first-order valence-corrected chi connectivity index (χ1v) is 6.23. The zero-order chi connectivity index (χ0) is 15.0. The molecule has 1 aromatic heterocycles. The second kappa shape index (κ2) is 4.80. The monoisotopic (exact) mass is 292 g/mol. The Balaban J connectivity index is 1.84. The number of halogens is 3. The number of aromatic nitrogens is 1. The fourth-order valence-corrected chi connectivity index (χ4v) is 2.05. The molecule has 6 heteroatoms. The number of benzene rings is 2. The summed E-state index contributed by atoms with van der Waals surface area (Å²) < 4.78 is 43.0. The molecule has 3 rings (SSSR count). The highest BCUT2D eigenvalue weighted by atomic mass is 19.4. The van der Waals surface area contributed by atoms with Crippen LogP contribution in [0.15, 0.2) is 46.9 Å². The van der Waals surface area contributed by atoms with Crippen molar-refractivity contribution in [3.63, 3.8) is 0 Å². The van der Waals surface area contributed by atoms with Gasteiger partial charge in [0, 0.05) is 18.2 Å². The predicted molar refractivity (Wildman–Crippen MR) is 72.7 cm³/mol. The van der Waals surface area contributed by atoms with Gasteiger partial charge in [-0.3, -0.25) is 0 Å². The van der Waals surface area contributed by atoms with Gasteiger partial charge in [-0.15, -0.1) is 0 Å². The summed E-state index contributed by atoms with van der Waals surface area (Å²) in [6, 6.07) is 10.1. The van der Waals surface area contributed by atoms with Crippen molar-refractivity contribution < 1.29 is 17.6 Å². The molecule has 2 N–H and O–H groups in total. The first kappa shape index (κ1) is 13.5. The van der Waals surface area contributed by atoms with Crippen molar-refractivity contribution >= 4 is 16.8 Å². The van der Waals surface area contributed by atoms with E-state index < -0.39 is 11.7 Å². The molecule has 0 radical (unpaired) electrons. The van der Waals surface area contributed by atoms with Crippen LogP contribution in [0.2, 0.25) is 0 Å². The molecule has 1 heterocycles. The number of hydrogen-bond donors (Lipinski definition) is 1. The molecule has 0 aliphatic rings. The van der Waals surface area contributed by atoms with E-state index in [4.69, 9.17) is 10.2 Å². The molecule has 108 valence electrons. The van der Waals surface area contributed by atoms with E-state index in [0.29, 0.717) is 34.7 Å². The van der Waals surface area contributed by atoms with Gasteiger partial charge in [-0.05, 0) is 29.8 Å². The van der Waals surface area contributed by atoms with Crippen molar-refractivity contribution in [1.29, 1.82) is 0 Å². The normalized spacial score (nSPS) is 12.0. The molecular formula is C15H11F3N2O. The lowest BCUT2D eigenvalue weighted by Crippen LogP contribution is -2.04. The number of alkyl halides is 3. The lowest BCUT2D eigenvalue weighted by atomic mass is 10.1. The quantitative estimate of drug-likeness (QED) is 0.726. The van der Waals surface area contributed by atoms with E-state index in [1.807, 2.05) is 0 Å². The Morgan fingerprint density at radius 1 is 1.05 bits per heavy atom. The third-order valence-corrected chi connectivity index (χ3v) is 3.09. The van der Waals surface area contributed by atoms with Crippen LogP contribution in [0, 0.1) is 0 Å². The number of anilines is 1. The summed E-state index contributed by atoms with van der Waals surface area (Å²) in [5, 5.41) is 0. The van der Waals surface area contributed by atoms with Gasteiger partial charge in [-0.2, -0.15) is 13.2 Å². The van der Waals surface area contributed by atoms with Gasteiger partial charge >= 0.3 is 6.18 Å². The Morgan fingerprint density at radius 2 is 1.76 bits per heavy atom. The maximum atomic E-state index is 12.5. The Bertz CT molecular complexity index is 776. The standard InChI is InChI=1S/C15H11F3N2O/c16-15(17,18)10-3-1-9(2-4-10)7-14-20-12-6-5-11(19)8-13(12)21-14/h1-6,8H,7,19H2. The van der Waals surface area contributed by atoms with E-state index in [-0.39, 0.29) is 0 Å². The van der Waals surface area contributed by atoms with Crippen LogP contribution in [-0.2, 0) is 12.6 Å². The fourth-order valence-electron chi connectivity index (χ4n) is 2.05.